The normalized spacial score (nSPS) is 12.0. The first-order valence-electron chi connectivity index (χ1n) is 7.14. The maximum absolute atomic E-state index is 11.9. The van der Waals surface area contributed by atoms with E-state index in [4.69, 9.17) is 0 Å². The van der Waals surface area contributed by atoms with Gasteiger partial charge in [-0.3, -0.25) is 4.79 Å². The van der Waals surface area contributed by atoms with Crippen LogP contribution < -0.4 is 21.5 Å². The standard InChI is InChI=1S/C15H23N3O3/c1-10-4-5-12(8-11(10)2)18-14(19)9-13(15(20)21)17-7-3-6-16/h4-5,8,13,17H,3,6-7,9,16H2,1-2H3,(H,18,19)(H,20,21)/p+1/t13-/m1/s1. The number of carboxylic acid groups (broad SMARTS) is 1. The van der Waals surface area contributed by atoms with Crippen molar-refractivity contribution in [3.63, 3.8) is 0 Å². The molecule has 0 aliphatic rings. The number of benzene rings is 1. The van der Waals surface area contributed by atoms with E-state index in [1.165, 1.54) is 0 Å². The Morgan fingerprint density at radius 1 is 1.33 bits per heavy atom. The molecule has 116 valence electrons. The molecular formula is C15H24N3O3+. The Hall–Kier alpha value is -1.92. The Morgan fingerprint density at radius 3 is 2.62 bits per heavy atom. The molecule has 0 spiro atoms. The van der Waals surface area contributed by atoms with Gasteiger partial charge in [0.25, 0.3) is 0 Å². The van der Waals surface area contributed by atoms with Gasteiger partial charge in [-0.05, 0) is 37.1 Å². The second-order valence-corrected chi connectivity index (χ2v) is 5.21. The Kier molecular flexibility index (Phi) is 6.84. The quantitative estimate of drug-likeness (QED) is 0.479. The summed E-state index contributed by atoms with van der Waals surface area (Å²) in [5, 5.41) is 15.4. The fourth-order valence-electron chi connectivity index (χ4n) is 1.96. The van der Waals surface area contributed by atoms with Crippen LogP contribution in [0.25, 0.3) is 0 Å². The van der Waals surface area contributed by atoms with Crippen LogP contribution in [0.2, 0.25) is 0 Å². The predicted octanol–water partition coefficient (Wildman–Crippen LogP) is -2.05. The lowest BCUT2D eigenvalue weighted by molar-refractivity contribution is -0.684. The first-order valence-corrected chi connectivity index (χ1v) is 7.14. The number of carbonyl (C=O) groups excluding carboxylic acids is 2. The molecular weight excluding hydrogens is 270 g/mol. The largest absolute Gasteiger partial charge is 0.544 e. The highest BCUT2D eigenvalue weighted by atomic mass is 16.4. The number of carbonyl (C=O) groups is 2. The summed E-state index contributed by atoms with van der Waals surface area (Å²) in [4.78, 5) is 23.0. The van der Waals surface area contributed by atoms with E-state index in [2.05, 4.69) is 11.1 Å². The van der Waals surface area contributed by atoms with E-state index in [0.29, 0.717) is 12.2 Å². The van der Waals surface area contributed by atoms with E-state index in [9.17, 15) is 14.7 Å². The van der Waals surface area contributed by atoms with Gasteiger partial charge in [0, 0.05) is 12.1 Å². The number of nitrogens with one attached hydrogen (secondary N) is 1. The third-order valence-corrected chi connectivity index (χ3v) is 3.40. The van der Waals surface area contributed by atoms with Crippen LogP contribution in [0.3, 0.4) is 0 Å². The molecule has 0 aliphatic heterocycles. The van der Waals surface area contributed by atoms with Crippen molar-refractivity contribution in [2.45, 2.75) is 32.7 Å². The predicted molar refractivity (Wildman–Crippen MR) is 77.1 cm³/mol. The maximum Gasteiger partial charge on any atom is 0.230 e. The lowest BCUT2D eigenvalue weighted by atomic mass is 10.1. The number of anilines is 1. The highest BCUT2D eigenvalue weighted by Crippen LogP contribution is 2.14. The van der Waals surface area contributed by atoms with E-state index in [0.717, 1.165) is 24.1 Å². The van der Waals surface area contributed by atoms with Gasteiger partial charge in [-0.25, -0.2) is 0 Å². The number of hydrogen-bond donors (Lipinski definition) is 3. The summed E-state index contributed by atoms with van der Waals surface area (Å²) in [5.74, 6) is -1.53. The van der Waals surface area contributed by atoms with E-state index >= 15 is 0 Å². The second-order valence-electron chi connectivity index (χ2n) is 5.21. The van der Waals surface area contributed by atoms with Crippen LogP contribution in [-0.4, -0.2) is 31.0 Å². The molecule has 1 rings (SSSR count). The average molecular weight is 294 g/mol. The molecule has 1 amide bonds. The number of aliphatic carboxylic acids is 1. The number of carboxylic acids is 1. The topological polar surface area (TPSA) is 113 Å². The van der Waals surface area contributed by atoms with Crippen molar-refractivity contribution in [3.8, 4) is 0 Å². The Bertz CT molecular complexity index is 503. The van der Waals surface area contributed by atoms with Crippen LogP contribution in [0.4, 0.5) is 5.69 Å². The third-order valence-electron chi connectivity index (χ3n) is 3.40. The molecule has 1 aromatic carbocycles. The molecule has 0 unspecified atom stereocenters. The Labute approximate surface area is 124 Å². The fourth-order valence-corrected chi connectivity index (χ4v) is 1.96. The molecule has 0 fully saturated rings. The minimum Gasteiger partial charge on any atom is -0.544 e. The van der Waals surface area contributed by atoms with E-state index in [1.54, 1.807) is 11.4 Å². The Balaban J connectivity index is 2.56. The van der Waals surface area contributed by atoms with Gasteiger partial charge >= 0.3 is 0 Å². The summed E-state index contributed by atoms with van der Waals surface area (Å²) in [5.41, 5.74) is 6.59. The number of amides is 1. The first-order chi connectivity index (χ1) is 9.93. The molecule has 0 bridgehead atoms. The number of hydrogen-bond acceptors (Lipinski definition) is 3. The molecule has 6 N–H and O–H groups in total. The summed E-state index contributed by atoms with van der Waals surface area (Å²) in [6.45, 7) is 5.32. The lowest BCUT2D eigenvalue weighted by Gasteiger charge is -2.16. The second kappa shape index (κ2) is 8.39. The Morgan fingerprint density at radius 2 is 2.05 bits per heavy atom. The van der Waals surface area contributed by atoms with Gasteiger partial charge in [0.2, 0.25) is 5.91 Å². The van der Waals surface area contributed by atoms with Gasteiger partial charge in [-0.2, -0.15) is 0 Å². The van der Waals surface area contributed by atoms with Crippen molar-refractivity contribution >= 4 is 17.6 Å². The van der Waals surface area contributed by atoms with Gasteiger partial charge in [0.15, 0.2) is 0 Å². The van der Waals surface area contributed by atoms with Gasteiger partial charge < -0.3 is 26.3 Å². The zero-order valence-corrected chi connectivity index (χ0v) is 12.6. The van der Waals surface area contributed by atoms with Crippen molar-refractivity contribution in [3.05, 3.63) is 29.3 Å². The molecule has 0 radical (unpaired) electrons. The fraction of sp³-hybridized carbons (Fsp3) is 0.467. The van der Waals surface area contributed by atoms with Gasteiger partial charge in [-0.1, -0.05) is 6.07 Å². The molecule has 21 heavy (non-hydrogen) atoms. The van der Waals surface area contributed by atoms with Crippen LogP contribution >= 0.6 is 0 Å². The van der Waals surface area contributed by atoms with Crippen molar-refractivity contribution in [1.29, 1.82) is 0 Å². The average Bonchev–Trinajstić information content (AvgIpc) is 2.42. The van der Waals surface area contributed by atoms with Gasteiger partial charge in [0.1, 0.15) is 6.04 Å². The minimum absolute atomic E-state index is 0.105. The highest BCUT2D eigenvalue weighted by Gasteiger charge is 2.18. The molecule has 0 saturated carbocycles. The lowest BCUT2D eigenvalue weighted by Crippen LogP contribution is -2.93. The van der Waals surface area contributed by atoms with E-state index in [1.807, 2.05) is 26.0 Å². The van der Waals surface area contributed by atoms with Crippen LogP contribution in [0, 0.1) is 13.8 Å². The zero-order valence-electron chi connectivity index (χ0n) is 12.6. The minimum atomic E-state index is -1.21. The summed E-state index contributed by atoms with van der Waals surface area (Å²) in [6.07, 6.45) is 0.703. The molecule has 1 atom stereocenters. The number of quaternary nitrogens is 2. The number of rotatable bonds is 8. The molecule has 6 nitrogen and oxygen atoms in total. The summed E-state index contributed by atoms with van der Waals surface area (Å²) >= 11 is 0. The van der Waals surface area contributed by atoms with Crippen LogP contribution in [0.15, 0.2) is 18.2 Å². The molecule has 0 aliphatic carbocycles. The summed E-state index contributed by atoms with van der Waals surface area (Å²) in [7, 11) is 0. The maximum atomic E-state index is 11.9. The molecule has 0 aromatic heterocycles. The van der Waals surface area contributed by atoms with Gasteiger partial charge in [0.05, 0.1) is 25.5 Å². The third kappa shape index (κ3) is 5.93. The van der Waals surface area contributed by atoms with Crippen LogP contribution in [-0.2, 0) is 9.59 Å². The molecule has 1 aromatic rings. The smallest absolute Gasteiger partial charge is 0.230 e. The highest BCUT2D eigenvalue weighted by molar-refractivity contribution is 5.93. The first kappa shape index (κ1) is 17.1. The van der Waals surface area contributed by atoms with Crippen LogP contribution in [0.5, 0.6) is 0 Å². The monoisotopic (exact) mass is 294 g/mol. The molecule has 6 heteroatoms. The van der Waals surface area contributed by atoms with E-state index in [-0.39, 0.29) is 12.3 Å². The van der Waals surface area contributed by atoms with Gasteiger partial charge in [-0.15, -0.1) is 0 Å². The van der Waals surface area contributed by atoms with E-state index < -0.39 is 12.0 Å². The van der Waals surface area contributed by atoms with Crippen molar-refractivity contribution in [2.24, 2.45) is 0 Å². The SMILES string of the molecule is Cc1ccc(NC(=O)C[C@@H]([NH2+]CCC[NH3+])C(=O)[O-])cc1C. The van der Waals surface area contributed by atoms with Crippen molar-refractivity contribution in [1.82, 2.24) is 0 Å². The number of aryl methyl sites for hydroxylation is 2. The molecule has 0 saturated heterocycles. The zero-order chi connectivity index (χ0) is 15.8. The van der Waals surface area contributed by atoms with Crippen molar-refractivity contribution in [2.75, 3.05) is 18.4 Å². The van der Waals surface area contributed by atoms with Crippen LogP contribution in [0.1, 0.15) is 24.0 Å². The number of nitrogens with two attached hydrogens (primary N) is 1. The summed E-state index contributed by atoms with van der Waals surface area (Å²) in [6, 6.07) is 4.74. The summed E-state index contributed by atoms with van der Waals surface area (Å²) < 4.78 is 0. The van der Waals surface area contributed by atoms with Crippen molar-refractivity contribution < 1.29 is 25.7 Å². The molecule has 0 heterocycles.